The van der Waals surface area contributed by atoms with Crippen LogP contribution in [0.5, 0.6) is 0 Å². The van der Waals surface area contributed by atoms with Gasteiger partial charge in [0.25, 0.3) is 0 Å². The van der Waals surface area contributed by atoms with Crippen molar-refractivity contribution >= 4 is 28.2 Å². The fraction of sp³-hybridized carbons (Fsp3) is 0.346. The Morgan fingerprint density at radius 1 is 1.08 bits per heavy atom. The summed E-state index contributed by atoms with van der Waals surface area (Å²) in [7, 11) is 2.17. The number of anilines is 2. The summed E-state index contributed by atoms with van der Waals surface area (Å²) in [6.07, 6.45) is 8.30. The van der Waals surface area contributed by atoms with Gasteiger partial charge in [-0.1, -0.05) is 11.3 Å². The lowest BCUT2D eigenvalue weighted by molar-refractivity contribution is -0.114. The van der Waals surface area contributed by atoms with Gasteiger partial charge in [0.2, 0.25) is 5.91 Å². The number of hydrogen-bond acceptors (Lipinski definition) is 8. The molecule has 1 amide bonds. The van der Waals surface area contributed by atoms with Crippen LogP contribution in [0.2, 0.25) is 0 Å². The summed E-state index contributed by atoms with van der Waals surface area (Å²) in [5.74, 6) is 0.874. The second-order valence-corrected chi connectivity index (χ2v) is 10.3. The molecule has 1 aliphatic heterocycles. The molecule has 1 saturated heterocycles. The highest BCUT2D eigenvalue weighted by molar-refractivity contribution is 7.19. The molecule has 0 unspecified atom stereocenters. The van der Waals surface area contributed by atoms with Gasteiger partial charge in [-0.25, -0.2) is 14.6 Å². The number of hydrogen-bond donors (Lipinski definition) is 1. The molecule has 36 heavy (non-hydrogen) atoms. The SMILES string of the molecule is CC(=O)Nc1nc2c(s1)-c1c(c(-c3cccnc3)nn1-c1ccc(N3CCCN(C)CC3)nc1)CC2. The van der Waals surface area contributed by atoms with Crippen molar-refractivity contribution in [3.8, 4) is 27.5 Å². The fourth-order valence-corrected chi connectivity index (χ4v) is 6.08. The predicted octanol–water partition coefficient (Wildman–Crippen LogP) is 3.65. The van der Waals surface area contributed by atoms with E-state index in [4.69, 9.17) is 15.1 Å². The second-order valence-electron chi connectivity index (χ2n) is 9.32. The maximum atomic E-state index is 11.7. The van der Waals surface area contributed by atoms with Gasteiger partial charge in [-0.05, 0) is 57.1 Å². The molecule has 1 N–H and O–H groups in total. The molecule has 6 rings (SSSR count). The van der Waals surface area contributed by atoms with Crippen LogP contribution in [0.25, 0.3) is 27.5 Å². The van der Waals surface area contributed by atoms with Crippen LogP contribution in [0.3, 0.4) is 0 Å². The number of nitrogens with zero attached hydrogens (tertiary/aromatic N) is 7. The first kappa shape index (κ1) is 22.8. The maximum Gasteiger partial charge on any atom is 0.223 e. The lowest BCUT2D eigenvalue weighted by Crippen LogP contribution is -2.29. The normalized spacial score (nSPS) is 15.8. The monoisotopic (exact) mass is 500 g/mol. The third kappa shape index (κ3) is 4.27. The Bertz CT molecular complexity index is 1400. The number of pyridine rings is 2. The Morgan fingerprint density at radius 3 is 2.78 bits per heavy atom. The third-order valence-electron chi connectivity index (χ3n) is 6.75. The van der Waals surface area contributed by atoms with E-state index in [1.807, 2.05) is 29.2 Å². The van der Waals surface area contributed by atoms with Gasteiger partial charge in [0.15, 0.2) is 5.13 Å². The number of carbonyl (C=O) groups is 1. The number of amides is 1. The van der Waals surface area contributed by atoms with Gasteiger partial charge in [0.05, 0.1) is 33.8 Å². The van der Waals surface area contributed by atoms with E-state index in [2.05, 4.69) is 39.3 Å². The van der Waals surface area contributed by atoms with Gasteiger partial charge in [-0.3, -0.25) is 9.78 Å². The van der Waals surface area contributed by atoms with Gasteiger partial charge in [0.1, 0.15) is 5.82 Å². The average molecular weight is 501 g/mol. The van der Waals surface area contributed by atoms with Crippen molar-refractivity contribution in [2.24, 2.45) is 0 Å². The maximum absolute atomic E-state index is 11.7. The Kier molecular flexibility index (Phi) is 5.98. The van der Waals surface area contributed by atoms with E-state index in [-0.39, 0.29) is 5.91 Å². The summed E-state index contributed by atoms with van der Waals surface area (Å²) in [5, 5.41) is 8.55. The van der Waals surface area contributed by atoms with E-state index >= 15 is 0 Å². The molecule has 1 fully saturated rings. The molecule has 0 atom stereocenters. The molecular formula is C26H28N8OS. The van der Waals surface area contributed by atoms with Crippen LogP contribution in [-0.2, 0) is 17.6 Å². The van der Waals surface area contributed by atoms with Crippen molar-refractivity contribution in [1.82, 2.24) is 29.6 Å². The summed E-state index contributed by atoms with van der Waals surface area (Å²) >= 11 is 1.50. The molecule has 0 radical (unpaired) electrons. The van der Waals surface area contributed by atoms with Crippen LogP contribution >= 0.6 is 11.3 Å². The van der Waals surface area contributed by atoms with Crippen molar-refractivity contribution in [1.29, 1.82) is 0 Å². The van der Waals surface area contributed by atoms with Gasteiger partial charge in [-0.15, -0.1) is 0 Å². The first-order valence-corrected chi connectivity index (χ1v) is 13.1. The van der Waals surface area contributed by atoms with Crippen molar-refractivity contribution in [3.63, 3.8) is 0 Å². The van der Waals surface area contributed by atoms with Crippen LogP contribution in [0.15, 0.2) is 42.9 Å². The highest BCUT2D eigenvalue weighted by Gasteiger charge is 2.30. The lowest BCUT2D eigenvalue weighted by atomic mass is 9.95. The molecule has 5 heterocycles. The molecule has 9 nitrogen and oxygen atoms in total. The smallest absolute Gasteiger partial charge is 0.223 e. The average Bonchev–Trinajstić information content (AvgIpc) is 3.40. The highest BCUT2D eigenvalue weighted by atomic mass is 32.1. The molecule has 184 valence electrons. The van der Waals surface area contributed by atoms with Crippen molar-refractivity contribution < 1.29 is 4.79 Å². The zero-order valence-corrected chi connectivity index (χ0v) is 21.3. The van der Waals surface area contributed by atoms with Crippen molar-refractivity contribution in [3.05, 3.63) is 54.1 Å². The Balaban J connectivity index is 1.43. The molecule has 4 aromatic rings. The Labute approximate surface area is 213 Å². The number of carbonyl (C=O) groups excluding carboxylic acids is 1. The molecular weight excluding hydrogens is 472 g/mol. The molecule has 0 spiro atoms. The number of fused-ring (bicyclic) bond motifs is 3. The van der Waals surface area contributed by atoms with Gasteiger partial charge in [0, 0.05) is 50.1 Å². The first-order valence-electron chi connectivity index (χ1n) is 12.3. The summed E-state index contributed by atoms with van der Waals surface area (Å²) < 4.78 is 1.98. The summed E-state index contributed by atoms with van der Waals surface area (Å²) in [6, 6.07) is 8.17. The zero-order valence-electron chi connectivity index (χ0n) is 20.4. The van der Waals surface area contributed by atoms with Crippen LogP contribution in [0, 0.1) is 0 Å². The quantitative estimate of drug-likeness (QED) is 0.457. The second kappa shape index (κ2) is 9.44. The molecule has 2 aliphatic rings. The van der Waals surface area contributed by atoms with Gasteiger partial charge in [-0.2, -0.15) is 5.10 Å². The zero-order chi connectivity index (χ0) is 24.6. The van der Waals surface area contributed by atoms with Crippen LogP contribution < -0.4 is 10.2 Å². The fourth-order valence-electron chi connectivity index (χ4n) is 4.96. The third-order valence-corrected chi connectivity index (χ3v) is 7.77. The standard InChI is InChI=1S/C26H28N8OS/c1-17(35)29-26-30-21-8-7-20-23(18-5-3-10-27-15-18)31-34(24(20)25(21)36-26)19-6-9-22(28-16-19)33-12-4-11-32(2)13-14-33/h3,5-6,9-10,15-16H,4,7-8,11-14H2,1-2H3,(H,29,30,35). The summed E-state index contributed by atoms with van der Waals surface area (Å²) in [4.78, 5) is 31.3. The van der Waals surface area contributed by atoms with E-state index in [1.54, 1.807) is 6.20 Å². The molecule has 0 aromatic carbocycles. The largest absolute Gasteiger partial charge is 0.355 e. The number of aryl methyl sites for hydroxylation is 1. The predicted molar refractivity (Wildman–Crippen MR) is 142 cm³/mol. The summed E-state index contributed by atoms with van der Waals surface area (Å²) in [6.45, 7) is 5.64. The van der Waals surface area contributed by atoms with E-state index in [1.165, 1.54) is 23.8 Å². The Morgan fingerprint density at radius 2 is 2.00 bits per heavy atom. The van der Waals surface area contributed by atoms with Crippen molar-refractivity contribution in [2.45, 2.75) is 26.2 Å². The van der Waals surface area contributed by atoms with E-state index < -0.39 is 0 Å². The minimum absolute atomic E-state index is 0.120. The highest BCUT2D eigenvalue weighted by Crippen LogP contribution is 2.44. The van der Waals surface area contributed by atoms with Crippen molar-refractivity contribution in [2.75, 3.05) is 43.4 Å². The molecule has 4 aromatic heterocycles. The number of nitrogens with one attached hydrogen (secondary N) is 1. The van der Waals surface area contributed by atoms with Gasteiger partial charge < -0.3 is 15.1 Å². The minimum Gasteiger partial charge on any atom is -0.355 e. The first-order chi connectivity index (χ1) is 17.6. The number of thiazole rings is 1. The van der Waals surface area contributed by atoms with Crippen LogP contribution in [0.1, 0.15) is 24.6 Å². The molecule has 10 heteroatoms. The van der Waals surface area contributed by atoms with E-state index in [9.17, 15) is 4.79 Å². The lowest BCUT2D eigenvalue weighted by Gasteiger charge is -2.22. The minimum atomic E-state index is -0.120. The summed E-state index contributed by atoms with van der Waals surface area (Å²) in [5.41, 5.74) is 6.01. The molecule has 1 aliphatic carbocycles. The molecule has 0 bridgehead atoms. The molecule has 0 saturated carbocycles. The number of aromatic nitrogens is 5. The topological polar surface area (TPSA) is 92.1 Å². The number of likely N-dealkylation sites (N-methyl/N-ethyl adjacent to an activating group) is 1. The van der Waals surface area contributed by atoms with Gasteiger partial charge >= 0.3 is 0 Å². The van der Waals surface area contributed by atoms with E-state index in [0.717, 1.165) is 84.5 Å². The number of rotatable bonds is 4. The van der Waals surface area contributed by atoms with Crippen LogP contribution in [-0.4, -0.2) is 68.8 Å². The Hall–Kier alpha value is -3.63. The van der Waals surface area contributed by atoms with E-state index in [0.29, 0.717) is 5.13 Å². The van der Waals surface area contributed by atoms with Crippen LogP contribution in [0.4, 0.5) is 10.9 Å².